The molecule has 3 nitrogen and oxygen atoms in total. The minimum absolute atomic E-state index is 0.994. The SMILES string of the molecule is Cc1ccc(CN2CCN(N=Cc3ccc(Br)s3)CC2)c(C)c1. The summed E-state index contributed by atoms with van der Waals surface area (Å²) >= 11 is 5.20. The van der Waals surface area contributed by atoms with Crippen LogP contribution in [0.4, 0.5) is 0 Å². The summed E-state index contributed by atoms with van der Waals surface area (Å²) in [5, 5.41) is 6.78. The zero-order valence-electron chi connectivity index (χ0n) is 13.6. The molecule has 5 heteroatoms. The Labute approximate surface area is 150 Å². The van der Waals surface area contributed by atoms with Gasteiger partial charge in [0.15, 0.2) is 0 Å². The number of thiophene rings is 1. The number of aryl methyl sites for hydroxylation is 2. The molecule has 0 N–H and O–H groups in total. The van der Waals surface area contributed by atoms with E-state index in [1.54, 1.807) is 11.3 Å². The lowest BCUT2D eigenvalue weighted by molar-refractivity contribution is 0.131. The molecule has 3 rings (SSSR count). The van der Waals surface area contributed by atoms with Crippen molar-refractivity contribution in [3.05, 3.63) is 55.7 Å². The second-order valence-electron chi connectivity index (χ2n) is 6.05. The first-order valence-corrected chi connectivity index (χ1v) is 9.54. The van der Waals surface area contributed by atoms with Crippen molar-refractivity contribution in [1.29, 1.82) is 0 Å². The Morgan fingerprint density at radius 2 is 1.91 bits per heavy atom. The van der Waals surface area contributed by atoms with Gasteiger partial charge < -0.3 is 0 Å². The molecule has 1 aliphatic rings. The van der Waals surface area contributed by atoms with Crippen LogP contribution in [-0.2, 0) is 6.54 Å². The number of nitrogens with zero attached hydrogens (tertiary/aromatic N) is 3. The molecule has 2 aromatic rings. The summed E-state index contributed by atoms with van der Waals surface area (Å²) in [6, 6.07) is 10.9. The molecule has 0 amide bonds. The number of halogens is 1. The summed E-state index contributed by atoms with van der Waals surface area (Å²) in [7, 11) is 0. The third kappa shape index (κ3) is 4.66. The fourth-order valence-corrected chi connectivity index (χ4v) is 4.10. The van der Waals surface area contributed by atoms with Crippen LogP contribution in [0.25, 0.3) is 0 Å². The maximum Gasteiger partial charge on any atom is 0.0705 e. The maximum atomic E-state index is 4.61. The predicted molar refractivity (Wildman–Crippen MR) is 102 cm³/mol. The van der Waals surface area contributed by atoms with Crippen LogP contribution in [0.1, 0.15) is 21.6 Å². The van der Waals surface area contributed by atoms with Gasteiger partial charge in [0.25, 0.3) is 0 Å². The van der Waals surface area contributed by atoms with E-state index in [1.165, 1.54) is 21.6 Å². The molecule has 1 aliphatic heterocycles. The predicted octanol–water partition coefficient (Wildman–Crippen LogP) is 4.28. The molecule has 23 heavy (non-hydrogen) atoms. The average Bonchev–Trinajstić information content (AvgIpc) is 2.95. The standard InChI is InChI=1S/C18H22BrN3S/c1-14-3-4-16(15(2)11-14)13-21-7-9-22(10-8-21)20-12-17-5-6-18(19)23-17/h3-6,11-12H,7-10,13H2,1-2H3. The number of hydrogen-bond donors (Lipinski definition) is 0. The van der Waals surface area contributed by atoms with Crippen molar-refractivity contribution in [3.63, 3.8) is 0 Å². The lowest BCUT2D eigenvalue weighted by atomic mass is 10.1. The smallest absolute Gasteiger partial charge is 0.0705 e. The zero-order valence-corrected chi connectivity index (χ0v) is 16.0. The van der Waals surface area contributed by atoms with Crippen molar-refractivity contribution in [2.75, 3.05) is 26.2 Å². The molecule has 0 aliphatic carbocycles. The van der Waals surface area contributed by atoms with Crippen molar-refractivity contribution in [2.24, 2.45) is 5.10 Å². The van der Waals surface area contributed by atoms with E-state index < -0.39 is 0 Å². The van der Waals surface area contributed by atoms with E-state index in [0.29, 0.717) is 0 Å². The normalized spacial score (nSPS) is 16.4. The fourth-order valence-electron chi connectivity index (χ4n) is 2.81. The Hall–Kier alpha value is -1.17. The first-order chi connectivity index (χ1) is 11.1. The van der Waals surface area contributed by atoms with Crippen LogP contribution in [0.5, 0.6) is 0 Å². The first-order valence-electron chi connectivity index (χ1n) is 7.93. The quantitative estimate of drug-likeness (QED) is 0.724. The third-order valence-corrected chi connectivity index (χ3v) is 5.74. The van der Waals surface area contributed by atoms with E-state index in [1.807, 2.05) is 6.21 Å². The van der Waals surface area contributed by atoms with E-state index in [-0.39, 0.29) is 0 Å². The molecular weight excluding hydrogens is 370 g/mol. The number of benzene rings is 1. The molecule has 0 unspecified atom stereocenters. The topological polar surface area (TPSA) is 18.8 Å². The Morgan fingerprint density at radius 3 is 2.57 bits per heavy atom. The largest absolute Gasteiger partial charge is 0.295 e. The Kier molecular flexibility index (Phi) is 5.51. The van der Waals surface area contributed by atoms with Crippen molar-refractivity contribution < 1.29 is 0 Å². The van der Waals surface area contributed by atoms with Gasteiger partial charge in [-0.15, -0.1) is 11.3 Å². The van der Waals surface area contributed by atoms with Crippen LogP contribution in [0.2, 0.25) is 0 Å². The van der Waals surface area contributed by atoms with E-state index >= 15 is 0 Å². The second kappa shape index (κ2) is 7.60. The van der Waals surface area contributed by atoms with Gasteiger partial charge in [-0.2, -0.15) is 5.10 Å². The maximum absolute atomic E-state index is 4.61. The molecule has 0 bridgehead atoms. The molecule has 1 aromatic heterocycles. The average molecular weight is 392 g/mol. The van der Waals surface area contributed by atoms with Gasteiger partial charge in [0.2, 0.25) is 0 Å². The summed E-state index contributed by atoms with van der Waals surface area (Å²) in [5.41, 5.74) is 4.18. The molecule has 0 atom stereocenters. The van der Waals surface area contributed by atoms with E-state index in [2.05, 4.69) is 75.1 Å². The summed E-state index contributed by atoms with van der Waals surface area (Å²) in [4.78, 5) is 3.71. The summed E-state index contributed by atoms with van der Waals surface area (Å²) < 4.78 is 1.15. The highest BCUT2D eigenvalue weighted by Gasteiger charge is 2.16. The van der Waals surface area contributed by atoms with Crippen molar-refractivity contribution in [1.82, 2.24) is 9.91 Å². The van der Waals surface area contributed by atoms with Crippen LogP contribution in [0.3, 0.4) is 0 Å². The van der Waals surface area contributed by atoms with Gasteiger partial charge >= 0.3 is 0 Å². The van der Waals surface area contributed by atoms with Gasteiger partial charge in [-0.25, -0.2) is 0 Å². The van der Waals surface area contributed by atoms with Crippen LogP contribution in [-0.4, -0.2) is 42.3 Å². The number of rotatable bonds is 4. The van der Waals surface area contributed by atoms with Crippen LogP contribution >= 0.6 is 27.3 Å². The first kappa shape index (κ1) is 16.7. The van der Waals surface area contributed by atoms with E-state index in [9.17, 15) is 0 Å². The lowest BCUT2D eigenvalue weighted by Crippen LogP contribution is -2.43. The summed E-state index contributed by atoms with van der Waals surface area (Å²) in [6.45, 7) is 9.53. The van der Waals surface area contributed by atoms with Crippen LogP contribution in [0.15, 0.2) is 39.2 Å². The molecule has 1 saturated heterocycles. The fraction of sp³-hybridized carbons (Fsp3) is 0.389. The summed E-state index contributed by atoms with van der Waals surface area (Å²) in [5.74, 6) is 0. The molecule has 0 spiro atoms. The van der Waals surface area contributed by atoms with Gasteiger partial charge in [-0.05, 0) is 53.0 Å². The van der Waals surface area contributed by atoms with Gasteiger partial charge in [-0.1, -0.05) is 23.8 Å². The Balaban J connectivity index is 1.51. The molecule has 2 heterocycles. The Bertz CT molecular complexity index is 687. The molecule has 122 valence electrons. The third-order valence-electron chi connectivity index (χ3n) is 4.18. The van der Waals surface area contributed by atoms with Gasteiger partial charge in [-0.3, -0.25) is 9.91 Å². The monoisotopic (exact) mass is 391 g/mol. The van der Waals surface area contributed by atoms with Crippen LogP contribution in [0, 0.1) is 13.8 Å². The molecule has 0 saturated carbocycles. The highest BCUT2D eigenvalue weighted by Crippen LogP contribution is 2.20. The summed E-state index contributed by atoms with van der Waals surface area (Å²) in [6.07, 6.45) is 1.97. The van der Waals surface area contributed by atoms with Gasteiger partial charge in [0, 0.05) is 37.6 Å². The highest BCUT2D eigenvalue weighted by atomic mass is 79.9. The number of piperazine rings is 1. The Morgan fingerprint density at radius 1 is 1.13 bits per heavy atom. The number of hydrazone groups is 1. The van der Waals surface area contributed by atoms with Crippen molar-refractivity contribution in [2.45, 2.75) is 20.4 Å². The minimum Gasteiger partial charge on any atom is -0.295 e. The molecule has 0 radical (unpaired) electrons. The van der Waals surface area contributed by atoms with Gasteiger partial charge in [0.05, 0.1) is 10.0 Å². The van der Waals surface area contributed by atoms with Gasteiger partial charge in [0.1, 0.15) is 0 Å². The zero-order chi connectivity index (χ0) is 16.2. The van der Waals surface area contributed by atoms with Crippen molar-refractivity contribution >= 4 is 33.5 Å². The molecule has 1 fully saturated rings. The van der Waals surface area contributed by atoms with E-state index in [0.717, 1.165) is 36.5 Å². The second-order valence-corrected chi connectivity index (χ2v) is 8.54. The minimum atomic E-state index is 0.994. The lowest BCUT2D eigenvalue weighted by Gasteiger charge is -2.33. The van der Waals surface area contributed by atoms with Crippen LogP contribution < -0.4 is 0 Å². The molecule has 1 aromatic carbocycles. The highest BCUT2D eigenvalue weighted by molar-refractivity contribution is 9.11. The van der Waals surface area contributed by atoms with E-state index in [4.69, 9.17) is 0 Å². The van der Waals surface area contributed by atoms with Crippen molar-refractivity contribution in [3.8, 4) is 0 Å². The number of hydrogen-bond acceptors (Lipinski definition) is 4. The molecular formula is C18H22BrN3S.